The van der Waals surface area contributed by atoms with E-state index in [0.29, 0.717) is 33.1 Å². The molecule has 2 aromatic heterocycles. The summed E-state index contributed by atoms with van der Waals surface area (Å²) in [5.41, 5.74) is 1.22. The number of halogens is 1. The maximum absolute atomic E-state index is 13.4. The molecule has 5 rings (SSSR count). The highest BCUT2D eigenvalue weighted by atomic mass is 35.5. The first-order chi connectivity index (χ1) is 14.1. The van der Waals surface area contributed by atoms with E-state index in [0.717, 1.165) is 10.6 Å². The number of carbonyl (C=O) groups excluding carboxylic acids is 1. The first-order valence-electron chi connectivity index (χ1n) is 9.05. The van der Waals surface area contributed by atoms with Gasteiger partial charge in [-0.1, -0.05) is 54.1 Å². The second-order valence-corrected chi connectivity index (χ2v) is 8.11. The minimum absolute atomic E-state index is 0.0434. The lowest BCUT2D eigenvalue weighted by Crippen LogP contribution is -2.29. The van der Waals surface area contributed by atoms with Crippen molar-refractivity contribution >= 4 is 44.9 Å². The zero-order valence-electron chi connectivity index (χ0n) is 15.3. The fraction of sp³-hybridized carbons (Fsp3) is 0.143. The molecular weight excluding hydrogens is 410 g/mol. The van der Waals surface area contributed by atoms with Crippen LogP contribution in [0.2, 0.25) is 5.02 Å². The van der Waals surface area contributed by atoms with Crippen molar-refractivity contribution in [1.29, 1.82) is 0 Å². The van der Waals surface area contributed by atoms with Crippen LogP contribution in [0.4, 0.5) is 5.13 Å². The predicted octanol–water partition coefficient (Wildman–Crippen LogP) is 4.61. The van der Waals surface area contributed by atoms with Crippen LogP contribution in [0.1, 0.15) is 39.7 Å². The molecule has 0 saturated carbocycles. The van der Waals surface area contributed by atoms with Crippen LogP contribution in [0, 0.1) is 0 Å². The molecule has 1 aliphatic rings. The van der Waals surface area contributed by atoms with Gasteiger partial charge in [-0.05, 0) is 36.2 Å². The van der Waals surface area contributed by atoms with Crippen molar-refractivity contribution in [3.63, 3.8) is 0 Å². The third kappa shape index (κ3) is 2.77. The molecule has 6 nitrogen and oxygen atoms in total. The summed E-state index contributed by atoms with van der Waals surface area (Å²) in [5.74, 6) is -0.358. The quantitative estimate of drug-likeness (QED) is 0.481. The standard InChI is InChI=1S/C21H14ClN3O3S/c1-2-15-23-24-21(29-15)25-17(11-7-9-12(22)10-8-11)16-18(26)13-5-3-4-6-14(13)28-19(16)20(25)27/h3-10,17H,2H2,1H3. The molecule has 1 amide bonds. The van der Waals surface area contributed by atoms with E-state index in [1.807, 2.05) is 6.92 Å². The molecular formula is C21H14ClN3O3S. The highest BCUT2D eigenvalue weighted by molar-refractivity contribution is 7.15. The summed E-state index contributed by atoms with van der Waals surface area (Å²) in [6.45, 7) is 1.97. The van der Waals surface area contributed by atoms with Crippen molar-refractivity contribution in [2.24, 2.45) is 0 Å². The van der Waals surface area contributed by atoms with Gasteiger partial charge in [-0.15, -0.1) is 10.2 Å². The molecule has 3 heterocycles. The Hall–Kier alpha value is -3.03. The Morgan fingerprint density at radius 3 is 2.59 bits per heavy atom. The van der Waals surface area contributed by atoms with Crippen LogP contribution >= 0.6 is 22.9 Å². The number of hydrogen-bond acceptors (Lipinski definition) is 6. The lowest BCUT2D eigenvalue weighted by Gasteiger charge is -2.22. The SMILES string of the molecule is CCc1nnc(N2C(=O)c3oc4ccccc4c(=O)c3C2c2ccc(Cl)cc2)s1. The summed E-state index contributed by atoms with van der Waals surface area (Å²) in [6, 6.07) is 13.3. The van der Waals surface area contributed by atoms with Gasteiger partial charge in [0.25, 0.3) is 5.91 Å². The Balaban J connectivity index is 1.80. The smallest absolute Gasteiger partial charge is 0.297 e. The maximum Gasteiger partial charge on any atom is 0.297 e. The van der Waals surface area contributed by atoms with Crippen LogP contribution in [-0.4, -0.2) is 16.1 Å². The Labute approximate surface area is 174 Å². The van der Waals surface area contributed by atoms with Gasteiger partial charge in [0.2, 0.25) is 10.9 Å². The molecule has 0 bridgehead atoms. The number of hydrogen-bond donors (Lipinski definition) is 0. The fourth-order valence-electron chi connectivity index (χ4n) is 3.56. The number of fused-ring (bicyclic) bond motifs is 2. The molecule has 29 heavy (non-hydrogen) atoms. The van der Waals surface area contributed by atoms with Crippen LogP contribution in [0.15, 0.2) is 57.7 Å². The largest absolute Gasteiger partial charge is 0.450 e. The fourth-order valence-corrected chi connectivity index (χ4v) is 4.49. The zero-order chi connectivity index (χ0) is 20.1. The number of nitrogens with zero attached hydrogens (tertiary/aromatic N) is 3. The maximum atomic E-state index is 13.4. The topological polar surface area (TPSA) is 76.3 Å². The molecule has 0 radical (unpaired) electrons. The molecule has 0 spiro atoms. The number of benzene rings is 2. The van der Waals surface area contributed by atoms with Gasteiger partial charge in [0.15, 0.2) is 5.43 Å². The van der Waals surface area contributed by atoms with Crippen molar-refractivity contribution in [1.82, 2.24) is 10.2 Å². The van der Waals surface area contributed by atoms with Gasteiger partial charge in [-0.2, -0.15) is 0 Å². The summed E-state index contributed by atoms with van der Waals surface area (Å²) >= 11 is 7.38. The lowest BCUT2D eigenvalue weighted by atomic mass is 9.99. The average Bonchev–Trinajstić information content (AvgIpc) is 3.32. The second kappa shape index (κ2) is 6.79. The van der Waals surface area contributed by atoms with E-state index in [4.69, 9.17) is 16.0 Å². The van der Waals surface area contributed by atoms with E-state index in [1.165, 1.54) is 16.2 Å². The molecule has 1 unspecified atom stereocenters. The zero-order valence-corrected chi connectivity index (χ0v) is 16.8. The number of anilines is 1. The van der Waals surface area contributed by atoms with Crippen LogP contribution in [0.25, 0.3) is 11.0 Å². The van der Waals surface area contributed by atoms with E-state index in [1.54, 1.807) is 48.5 Å². The highest BCUT2D eigenvalue weighted by Gasteiger charge is 2.45. The van der Waals surface area contributed by atoms with Gasteiger partial charge in [-0.25, -0.2) is 0 Å². The lowest BCUT2D eigenvalue weighted by molar-refractivity contribution is 0.0970. The number of carbonyl (C=O) groups is 1. The predicted molar refractivity (Wildman–Crippen MR) is 112 cm³/mol. The molecule has 1 aliphatic heterocycles. The molecule has 8 heteroatoms. The first-order valence-corrected chi connectivity index (χ1v) is 10.2. The number of para-hydroxylation sites is 1. The second-order valence-electron chi connectivity index (χ2n) is 6.63. The van der Waals surface area contributed by atoms with Gasteiger partial charge in [-0.3, -0.25) is 14.5 Å². The Kier molecular flexibility index (Phi) is 4.22. The number of aromatic nitrogens is 2. The Bertz CT molecular complexity index is 1310. The third-order valence-corrected chi connectivity index (χ3v) is 6.25. The van der Waals surface area contributed by atoms with Gasteiger partial charge < -0.3 is 4.42 Å². The van der Waals surface area contributed by atoms with Crippen molar-refractivity contribution < 1.29 is 9.21 Å². The minimum Gasteiger partial charge on any atom is -0.450 e. The summed E-state index contributed by atoms with van der Waals surface area (Å²) in [7, 11) is 0. The van der Waals surface area contributed by atoms with Gasteiger partial charge in [0.05, 0.1) is 17.0 Å². The van der Waals surface area contributed by atoms with Gasteiger partial charge in [0, 0.05) is 5.02 Å². The first kappa shape index (κ1) is 18.0. The van der Waals surface area contributed by atoms with Crippen LogP contribution < -0.4 is 10.3 Å². The summed E-state index contributed by atoms with van der Waals surface area (Å²) in [4.78, 5) is 28.2. The molecule has 4 aromatic rings. The molecule has 0 N–H and O–H groups in total. The monoisotopic (exact) mass is 423 g/mol. The molecule has 0 fully saturated rings. The van der Waals surface area contributed by atoms with Crippen molar-refractivity contribution in [2.45, 2.75) is 19.4 Å². The van der Waals surface area contributed by atoms with E-state index < -0.39 is 11.9 Å². The van der Waals surface area contributed by atoms with Crippen LogP contribution in [-0.2, 0) is 6.42 Å². The van der Waals surface area contributed by atoms with E-state index in [-0.39, 0.29) is 11.2 Å². The Morgan fingerprint density at radius 1 is 1.10 bits per heavy atom. The Morgan fingerprint density at radius 2 is 1.86 bits per heavy atom. The van der Waals surface area contributed by atoms with Crippen LogP contribution in [0.3, 0.4) is 0 Å². The number of aryl methyl sites for hydroxylation is 1. The van der Waals surface area contributed by atoms with Gasteiger partial charge in [0.1, 0.15) is 10.6 Å². The minimum atomic E-state index is -0.659. The molecule has 0 aliphatic carbocycles. The van der Waals surface area contributed by atoms with Crippen molar-refractivity contribution in [2.75, 3.05) is 4.90 Å². The van der Waals surface area contributed by atoms with Gasteiger partial charge >= 0.3 is 0 Å². The van der Waals surface area contributed by atoms with E-state index in [9.17, 15) is 9.59 Å². The van der Waals surface area contributed by atoms with E-state index in [2.05, 4.69) is 10.2 Å². The molecule has 1 atom stereocenters. The average molecular weight is 424 g/mol. The summed E-state index contributed by atoms with van der Waals surface area (Å²) in [6.07, 6.45) is 0.708. The normalized spacial score (nSPS) is 15.9. The van der Waals surface area contributed by atoms with Crippen molar-refractivity contribution in [3.8, 4) is 0 Å². The highest BCUT2D eigenvalue weighted by Crippen LogP contribution is 2.42. The molecule has 144 valence electrons. The molecule has 2 aromatic carbocycles. The summed E-state index contributed by atoms with van der Waals surface area (Å²) in [5, 5.41) is 10.6. The van der Waals surface area contributed by atoms with Crippen molar-refractivity contribution in [3.05, 3.63) is 85.7 Å². The third-order valence-electron chi connectivity index (χ3n) is 4.93. The number of amides is 1. The molecule has 0 saturated heterocycles. The van der Waals surface area contributed by atoms with E-state index >= 15 is 0 Å². The summed E-state index contributed by atoms with van der Waals surface area (Å²) < 4.78 is 5.90. The number of rotatable bonds is 3. The van der Waals surface area contributed by atoms with Crippen LogP contribution in [0.5, 0.6) is 0 Å².